The van der Waals surface area contributed by atoms with Gasteiger partial charge in [-0.15, -0.1) is 0 Å². The molecule has 0 aliphatic carbocycles. The van der Waals surface area contributed by atoms with Crippen LogP contribution in [0.1, 0.15) is 29.0 Å². The Morgan fingerprint density at radius 1 is 1.13 bits per heavy atom. The Hall–Kier alpha value is -3.55. The van der Waals surface area contributed by atoms with Crippen molar-refractivity contribution in [2.75, 3.05) is 0 Å². The van der Waals surface area contributed by atoms with Gasteiger partial charge in [-0.25, -0.2) is 4.98 Å². The molecule has 4 rings (SSSR count). The maximum Gasteiger partial charge on any atom is 0.416 e. The van der Waals surface area contributed by atoms with Crippen LogP contribution in [0.4, 0.5) is 13.2 Å². The van der Waals surface area contributed by atoms with Crippen LogP contribution in [0, 0.1) is 6.92 Å². The molecule has 2 aromatic carbocycles. The molecule has 0 radical (unpaired) electrons. The number of carbonyl (C=O) groups is 1. The van der Waals surface area contributed by atoms with Crippen molar-refractivity contribution in [1.29, 1.82) is 0 Å². The predicted octanol–water partition coefficient (Wildman–Crippen LogP) is 5.69. The van der Waals surface area contributed by atoms with E-state index in [-0.39, 0.29) is 12.3 Å². The van der Waals surface area contributed by atoms with Crippen LogP contribution in [0.5, 0.6) is 0 Å². The molecule has 0 fully saturated rings. The van der Waals surface area contributed by atoms with Crippen LogP contribution in [0.25, 0.3) is 22.4 Å². The van der Waals surface area contributed by atoms with Gasteiger partial charge in [0.05, 0.1) is 23.3 Å². The molecule has 0 unspecified atom stereocenters. The number of alkyl halides is 3. The van der Waals surface area contributed by atoms with Gasteiger partial charge in [0.15, 0.2) is 0 Å². The number of aromatic nitrogens is 2. The minimum absolute atomic E-state index is 0.0314. The van der Waals surface area contributed by atoms with Crippen LogP contribution in [-0.4, -0.2) is 20.6 Å². The number of carboxylic acids is 1. The van der Waals surface area contributed by atoms with Crippen molar-refractivity contribution < 1.29 is 27.5 Å². The Labute approximate surface area is 175 Å². The van der Waals surface area contributed by atoms with Crippen LogP contribution in [0.2, 0.25) is 0 Å². The van der Waals surface area contributed by atoms with Crippen molar-refractivity contribution in [2.24, 2.45) is 0 Å². The Morgan fingerprint density at radius 3 is 2.55 bits per heavy atom. The lowest BCUT2D eigenvalue weighted by Gasteiger charge is -2.08. The van der Waals surface area contributed by atoms with Crippen LogP contribution < -0.4 is 0 Å². The first-order valence-electron chi connectivity index (χ1n) is 9.65. The molecule has 2 aromatic heterocycles. The van der Waals surface area contributed by atoms with Gasteiger partial charge < -0.3 is 14.1 Å². The van der Waals surface area contributed by atoms with Crippen molar-refractivity contribution in [2.45, 2.75) is 32.5 Å². The van der Waals surface area contributed by atoms with Gasteiger partial charge in [0.1, 0.15) is 5.76 Å². The fourth-order valence-electron chi connectivity index (χ4n) is 3.57. The lowest BCUT2D eigenvalue weighted by atomic mass is 10.1. The lowest BCUT2D eigenvalue weighted by Crippen LogP contribution is -2.03. The molecular weight excluding hydrogens is 409 g/mol. The van der Waals surface area contributed by atoms with Crippen LogP contribution >= 0.6 is 0 Å². The second kappa shape index (κ2) is 7.94. The Kier molecular flexibility index (Phi) is 5.31. The second-order valence-corrected chi connectivity index (χ2v) is 7.30. The van der Waals surface area contributed by atoms with Crippen LogP contribution in [0.3, 0.4) is 0 Å². The molecule has 0 bridgehead atoms. The van der Waals surface area contributed by atoms with Crippen molar-refractivity contribution in [3.05, 3.63) is 77.3 Å². The number of hydrogen-bond donors (Lipinski definition) is 1. The van der Waals surface area contributed by atoms with Gasteiger partial charge in [-0.3, -0.25) is 4.79 Å². The maximum absolute atomic E-state index is 12.8. The summed E-state index contributed by atoms with van der Waals surface area (Å²) in [5.41, 5.74) is 2.22. The van der Waals surface area contributed by atoms with Crippen LogP contribution in [0.15, 0.2) is 59.1 Å². The third kappa shape index (κ3) is 4.33. The summed E-state index contributed by atoms with van der Waals surface area (Å²) in [6.07, 6.45) is -2.06. The Balaban J connectivity index is 1.63. The van der Waals surface area contributed by atoms with E-state index in [2.05, 4.69) is 4.98 Å². The smallest absolute Gasteiger partial charge is 0.416 e. The normalized spacial score (nSPS) is 11.9. The maximum atomic E-state index is 12.8. The average molecular weight is 428 g/mol. The number of fused-ring (bicyclic) bond motifs is 1. The van der Waals surface area contributed by atoms with Crippen molar-refractivity contribution >= 4 is 16.9 Å². The van der Waals surface area contributed by atoms with Gasteiger partial charge in [-0.1, -0.05) is 18.2 Å². The molecule has 0 aliphatic heterocycles. The fourth-order valence-corrected chi connectivity index (χ4v) is 3.57. The summed E-state index contributed by atoms with van der Waals surface area (Å²) < 4.78 is 46.2. The Bertz CT molecular complexity index is 1240. The zero-order chi connectivity index (χ0) is 22.2. The topological polar surface area (TPSA) is 68.3 Å². The number of aliphatic carboxylic acids is 1. The van der Waals surface area contributed by atoms with E-state index in [4.69, 9.17) is 9.52 Å². The van der Waals surface area contributed by atoms with Crippen molar-refractivity contribution in [3.8, 4) is 11.5 Å². The van der Waals surface area contributed by atoms with E-state index in [1.54, 1.807) is 6.92 Å². The highest BCUT2D eigenvalue weighted by molar-refractivity contribution is 5.84. The first-order valence-corrected chi connectivity index (χ1v) is 9.65. The number of aryl methyl sites for hydroxylation is 2. The fraction of sp³-hybridized carbons (Fsp3) is 0.217. The summed E-state index contributed by atoms with van der Waals surface area (Å²) in [4.78, 5) is 15.4. The number of hydrogen-bond acceptors (Lipinski definition) is 3. The third-order valence-electron chi connectivity index (χ3n) is 5.15. The first kappa shape index (κ1) is 20.7. The standard InChI is InChI=1S/C23H19F3N2O3/c1-14-19(31-22(27-14)17-5-8-18(9-6-17)23(24,25)26)13-28-12-11-16-4-2-3-15(21(16)28)7-10-20(29)30/h2-6,8-9,11-12H,7,10,13H2,1H3,(H,29,30). The molecule has 0 saturated heterocycles. The SMILES string of the molecule is Cc1nc(-c2ccc(C(F)(F)F)cc2)oc1Cn1ccc2cccc(CCC(=O)O)c21. The van der Waals surface area contributed by atoms with E-state index in [0.717, 1.165) is 28.6 Å². The number of oxazole rings is 1. The second-order valence-electron chi connectivity index (χ2n) is 7.30. The minimum atomic E-state index is -4.40. The molecule has 2 heterocycles. The summed E-state index contributed by atoms with van der Waals surface area (Å²) >= 11 is 0. The third-order valence-corrected chi connectivity index (χ3v) is 5.15. The van der Waals surface area contributed by atoms with Gasteiger partial charge in [0.25, 0.3) is 0 Å². The summed E-state index contributed by atoms with van der Waals surface area (Å²) in [6.45, 7) is 2.15. The average Bonchev–Trinajstić information content (AvgIpc) is 3.30. The largest absolute Gasteiger partial charge is 0.481 e. The quantitative estimate of drug-likeness (QED) is 0.428. The summed E-state index contributed by atoms with van der Waals surface area (Å²) in [7, 11) is 0. The summed E-state index contributed by atoms with van der Waals surface area (Å²) in [5.74, 6) is -0.0217. The number of rotatable bonds is 6. The van der Waals surface area contributed by atoms with Gasteiger partial charge in [-0.2, -0.15) is 13.2 Å². The highest BCUT2D eigenvalue weighted by atomic mass is 19.4. The van der Waals surface area contributed by atoms with E-state index in [0.29, 0.717) is 30.0 Å². The van der Waals surface area contributed by atoms with E-state index in [1.807, 2.05) is 35.0 Å². The van der Waals surface area contributed by atoms with Crippen molar-refractivity contribution in [3.63, 3.8) is 0 Å². The minimum Gasteiger partial charge on any atom is -0.481 e. The zero-order valence-corrected chi connectivity index (χ0v) is 16.6. The molecule has 8 heteroatoms. The highest BCUT2D eigenvalue weighted by Gasteiger charge is 2.30. The first-order chi connectivity index (χ1) is 14.7. The van der Waals surface area contributed by atoms with Crippen LogP contribution in [-0.2, 0) is 23.9 Å². The monoisotopic (exact) mass is 428 g/mol. The molecule has 5 nitrogen and oxygen atoms in total. The number of para-hydroxylation sites is 1. The molecule has 160 valence electrons. The van der Waals surface area contributed by atoms with E-state index >= 15 is 0 Å². The molecule has 4 aromatic rings. The molecule has 1 N–H and O–H groups in total. The number of nitrogens with zero attached hydrogens (tertiary/aromatic N) is 2. The molecule has 0 atom stereocenters. The summed E-state index contributed by atoms with van der Waals surface area (Å²) in [6, 6.07) is 12.4. The molecule has 0 spiro atoms. The van der Waals surface area contributed by atoms with E-state index in [9.17, 15) is 18.0 Å². The molecule has 0 saturated carbocycles. The van der Waals surface area contributed by atoms with E-state index < -0.39 is 17.7 Å². The number of halogens is 3. The molecule has 0 aliphatic rings. The summed E-state index contributed by atoms with van der Waals surface area (Å²) in [5, 5.41) is 10.0. The zero-order valence-electron chi connectivity index (χ0n) is 16.6. The number of carboxylic acid groups (broad SMARTS) is 1. The lowest BCUT2D eigenvalue weighted by molar-refractivity contribution is -0.138. The molecule has 0 amide bonds. The van der Waals surface area contributed by atoms with Gasteiger partial charge in [-0.05, 0) is 54.6 Å². The molecular formula is C23H19F3N2O3. The van der Waals surface area contributed by atoms with Crippen molar-refractivity contribution in [1.82, 2.24) is 9.55 Å². The van der Waals surface area contributed by atoms with Gasteiger partial charge in [0, 0.05) is 18.2 Å². The van der Waals surface area contributed by atoms with Gasteiger partial charge >= 0.3 is 12.1 Å². The highest BCUT2D eigenvalue weighted by Crippen LogP contribution is 2.31. The number of benzene rings is 2. The molecule has 31 heavy (non-hydrogen) atoms. The van der Waals surface area contributed by atoms with Gasteiger partial charge in [0.2, 0.25) is 5.89 Å². The Morgan fingerprint density at radius 2 is 1.87 bits per heavy atom. The predicted molar refractivity (Wildman–Crippen MR) is 109 cm³/mol. The van der Waals surface area contributed by atoms with E-state index in [1.165, 1.54) is 12.1 Å².